The topological polar surface area (TPSA) is 98.3 Å². The van der Waals surface area contributed by atoms with Crippen molar-refractivity contribution in [2.24, 2.45) is 0 Å². The van der Waals surface area contributed by atoms with Crippen molar-refractivity contribution < 1.29 is 42.1 Å². The van der Waals surface area contributed by atoms with Crippen molar-refractivity contribution in [1.29, 1.82) is 0 Å². The molecular weight excluding hydrogens is 465 g/mol. The van der Waals surface area contributed by atoms with Gasteiger partial charge >= 0.3 is 6.36 Å². The van der Waals surface area contributed by atoms with Crippen LogP contribution in [-0.2, 0) is 0 Å². The third-order valence-corrected chi connectivity index (χ3v) is 5.31. The number of nitrogens with one attached hydrogen (secondary N) is 2. The Hall–Kier alpha value is -2.83. The number of halogens is 3. The van der Waals surface area contributed by atoms with Crippen molar-refractivity contribution in [3.63, 3.8) is 0 Å². The Bertz CT molecular complexity index is 912. The molecule has 2 rings (SSSR count). The smallest absolute Gasteiger partial charge is 0.493 e. The van der Waals surface area contributed by atoms with Crippen LogP contribution in [0.15, 0.2) is 41.3 Å². The summed E-state index contributed by atoms with van der Waals surface area (Å²) in [5, 5.41) is 9.08. The average molecular weight is 491 g/mol. The molecule has 1 unspecified atom stereocenters. The Balaban J connectivity index is 1.94. The van der Waals surface area contributed by atoms with Crippen LogP contribution >= 0.6 is 11.9 Å². The Labute approximate surface area is 193 Å². The van der Waals surface area contributed by atoms with Crippen LogP contribution in [0.2, 0.25) is 0 Å². The van der Waals surface area contributed by atoms with Crippen LogP contribution in [0.1, 0.15) is 30.1 Å². The van der Waals surface area contributed by atoms with E-state index in [4.69, 9.17) is 19.4 Å². The molecule has 1 amide bonds. The SMILES string of the molecule is CCC(CCNSc1ccc(OC)c(OC)c1C(=O)NO)Oc1ccc(OC(F)(F)F)cc1. The molecule has 0 aliphatic carbocycles. The molecule has 0 bridgehead atoms. The lowest BCUT2D eigenvalue weighted by Crippen LogP contribution is -2.23. The number of carbonyl (C=O) groups is 1. The zero-order valence-electron chi connectivity index (χ0n) is 18.2. The molecule has 0 saturated heterocycles. The maximum absolute atomic E-state index is 12.3. The predicted octanol–water partition coefficient (Wildman–Crippen LogP) is 4.57. The van der Waals surface area contributed by atoms with Crippen LogP contribution in [0.5, 0.6) is 23.0 Å². The van der Waals surface area contributed by atoms with E-state index in [0.29, 0.717) is 35.8 Å². The maximum atomic E-state index is 12.3. The summed E-state index contributed by atoms with van der Waals surface area (Å²) in [6.07, 6.45) is -3.69. The van der Waals surface area contributed by atoms with Gasteiger partial charge in [-0.1, -0.05) is 6.92 Å². The lowest BCUT2D eigenvalue weighted by atomic mass is 10.1. The van der Waals surface area contributed by atoms with E-state index in [9.17, 15) is 18.0 Å². The second-order valence-electron chi connectivity index (χ2n) is 6.57. The van der Waals surface area contributed by atoms with E-state index in [0.717, 1.165) is 0 Å². The number of benzene rings is 2. The van der Waals surface area contributed by atoms with Gasteiger partial charge < -0.3 is 18.9 Å². The highest BCUT2D eigenvalue weighted by Gasteiger charge is 2.31. The van der Waals surface area contributed by atoms with Gasteiger partial charge in [0.15, 0.2) is 11.5 Å². The quantitative estimate of drug-likeness (QED) is 0.172. The van der Waals surface area contributed by atoms with E-state index in [-0.39, 0.29) is 23.2 Å². The Morgan fingerprint density at radius 2 is 1.76 bits per heavy atom. The summed E-state index contributed by atoms with van der Waals surface area (Å²) in [5.41, 5.74) is 1.71. The normalized spacial score (nSPS) is 12.1. The minimum absolute atomic E-state index is 0.112. The summed E-state index contributed by atoms with van der Waals surface area (Å²) in [7, 11) is 2.82. The molecule has 2 aromatic carbocycles. The largest absolute Gasteiger partial charge is 0.573 e. The van der Waals surface area contributed by atoms with Crippen molar-refractivity contribution in [3.8, 4) is 23.0 Å². The van der Waals surface area contributed by atoms with Gasteiger partial charge in [0.25, 0.3) is 5.91 Å². The van der Waals surface area contributed by atoms with Gasteiger partial charge in [0.2, 0.25) is 0 Å². The van der Waals surface area contributed by atoms with Gasteiger partial charge in [-0.25, -0.2) is 5.48 Å². The highest BCUT2D eigenvalue weighted by Crippen LogP contribution is 2.37. The average Bonchev–Trinajstić information content (AvgIpc) is 2.79. The lowest BCUT2D eigenvalue weighted by Gasteiger charge is -2.19. The first-order valence-electron chi connectivity index (χ1n) is 9.83. The van der Waals surface area contributed by atoms with Crippen molar-refractivity contribution in [1.82, 2.24) is 10.2 Å². The van der Waals surface area contributed by atoms with Crippen LogP contribution < -0.4 is 29.1 Å². The molecule has 182 valence electrons. The fourth-order valence-electron chi connectivity index (χ4n) is 2.87. The Morgan fingerprint density at radius 3 is 2.30 bits per heavy atom. The van der Waals surface area contributed by atoms with Gasteiger partial charge in [-0.15, -0.1) is 13.2 Å². The highest BCUT2D eigenvalue weighted by atomic mass is 32.2. The van der Waals surface area contributed by atoms with Crippen LogP contribution in [-0.4, -0.2) is 44.3 Å². The molecule has 0 aliphatic rings. The summed E-state index contributed by atoms with van der Waals surface area (Å²) >= 11 is 1.17. The van der Waals surface area contributed by atoms with Gasteiger partial charge in [-0.2, -0.15) is 0 Å². The van der Waals surface area contributed by atoms with Crippen LogP contribution in [0.3, 0.4) is 0 Å². The molecule has 0 aliphatic heterocycles. The maximum Gasteiger partial charge on any atom is 0.573 e. The standard InChI is InChI=1S/C21H25F3N2O6S/c1-4-13(31-14-5-7-15(8-6-14)32-21(22,23)24)11-12-25-33-17-10-9-16(29-2)19(30-3)18(17)20(27)26-28/h5-10,13,25,28H,4,11-12H2,1-3H3,(H,26,27). The van der Waals surface area contributed by atoms with Crippen molar-refractivity contribution in [2.75, 3.05) is 20.8 Å². The van der Waals surface area contributed by atoms with Crippen molar-refractivity contribution in [3.05, 3.63) is 42.0 Å². The molecule has 0 spiro atoms. The van der Waals surface area contributed by atoms with Crippen LogP contribution in [0.4, 0.5) is 13.2 Å². The summed E-state index contributed by atoms with van der Waals surface area (Å²) in [5.74, 6) is -0.123. The first-order chi connectivity index (χ1) is 15.7. The fraction of sp³-hybridized carbons (Fsp3) is 0.381. The molecule has 0 saturated carbocycles. The van der Waals surface area contributed by atoms with Gasteiger partial charge in [0, 0.05) is 11.4 Å². The minimum Gasteiger partial charge on any atom is -0.493 e. The van der Waals surface area contributed by atoms with Gasteiger partial charge in [0.1, 0.15) is 17.1 Å². The monoisotopic (exact) mass is 490 g/mol. The summed E-state index contributed by atoms with van der Waals surface area (Å²) in [4.78, 5) is 12.7. The molecule has 12 heteroatoms. The number of rotatable bonds is 12. The van der Waals surface area contributed by atoms with E-state index >= 15 is 0 Å². The molecule has 2 aromatic rings. The van der Waals surface area contributed by atoms with E-state index in [1.54, 1.807) is 17.6 Å². The van der Waals surface area contributed by atoms with E-state index in [2.05, 4.69) is 9.46 Å². The third kappa shape index (κ3) is 7.91. The second-order valence-corrected chi connectivity index (χ2v) is 7.50. The van der Waals surface area contributed by atoms with E-state index in [1.165, 1.54) is 50.4 Å². The molecular formula is C21H25F3N2O6S. The van der Waals surface area contributed by atoms with Crippen LogP contribution in [0, 0.1) is 0 Å². The predicted molar refractivity (Wildman–Crippen MR) is 115 cm³/mol. The molecule has 0 aromatic heterocycles. The first kappa shape index (κ1) is 26.4. The van der Waals surface area contributed by atoms with Gasteiger partial charge in [-0.05, 0) is 61.2 Å². The summed E-state index contributed by atoms with van der Waals surface area (Å²) < 4.78 is 60.0. The number of amides is 1. The number of alkyl halides is 3. The minimum atomic E-state index is -4.75. The van der Waals surface area contributed by atoms with Gasteiger partial charge in [0.05, 0.1) is 20.3 Å². The van der Waals surface area contributed by atoms with Crippen molar-refractivity contribution in [2.45, 2.75) is 37.1 Å². The third-order valence-electron chi connectivity index (χ3n) is 4.40. The molecule has 0 heterocycles. The molecule has 0 radical (unpaired) electrons. The number of ether oxygens (including phenoxy) is 4. The molecule has 33 heavy (non-hydrogen) atoms. The zero-order valence-corrected chi connectivity index (χ0v) is 19.0. The van der Waals surface area contributed by atoms with Crippen molar-refractivity contribution >= 4 is 17.9 Å². The number of carbonyl (C=O) groups excluding carboxylic acids is 1. The number of hydrogen-bond acceptors (Lipinski definition) is 8. The molecule has 0 fully saturated rings. The Morgan fingerprint density at radius 1 is 1.09 bits per heavy atom. The van der Waals surface area contributed by atoms with Crippen LogP contribution in [0.25, 0.3) is 0 Å². The first-order valence-corrected chi connectivity index (χ1v) is 10.7. The molecule has 1 atom stereocenters. The fourth-order valence-corrected chi connectivity index (χ4v) is 3.67. The molecule has 8 nitrogen and oxygen atoms in total. The number of hydroxylamine groups is 1. The number of hydrogen-bond donors (Lipinski definition) is 3. The summed E-state index contributed by atoms with van der Waals surface area (Å²) in [6, 6.07) is 8.50. The number of methoxy groups -OCH3 is 2. The second kappa shape index (κ2) is 12.4. The summed E-state index contributed by atoms with van der Waals surface area (Å²) in [6.45, 7) is 2.42. The zero-order chi connectivity index (χ0) is 24.4. The Kier molecular flexibility index (Phi) is 9.95. The van der Waals surface area contributed by atoms with E-state index in [1.807, 2.05) is 6.92 Å². The lowest BCUT2D eigenvalue weighted by molar-refractivity contribution is -0.274. The van der Waals surface area contributed by atoms with E-state index < -0.39 is 12.3 Å². The highest BCUT2D eigenvalue weighted by molar-refractivity contribution is 7.97. The molecule has 3 N–H and O–H groups in total. The van der Waals surface area contributed by atoms with Gasteiger partial charge in [-0.3, -0.25) is 14.7 Å².